The van der Waals surface area contributed by atoms with Crippen molar-refractivity contribution < 1.29 is 18.3 Å². The first-order valence-electron chi connectivity index (χ1n) is 8.20. The fraction of sp³-hybridized carbons (Fsp3) is 0.278. The zero-order chi connectivity index (χ0) is 18.9. The van der Waals surface area contributed by atoms with Crippen LogP contribution in [0.2, 0.25) is 0 Å². The average Bonchev–Trinajstić information content (AvgIpc) is 3.13. The summed E-state index contributed by atoms with van der Waals surface area (Å²) in [5.41, 5.74) is 1.31. The lowest BCUT2D eigenvalue weighted by Gasteiger charge is -2.16. The molecule has 2 N–H and O–H groups in total. The van der Waals surface area contributed by atoms with E-state index in [4.69, 9.17) is 0 Å². The zero-order valence-corrected chi connectivity index (χ0v) is 16.6. The van der Waals surface area contributed by atoms with Crippen LogP contribution >= 0.6 is 15.9 Å². The van der Waals surface area contributed by atoms with E-state index >= 15 is 0 Å². The highest BCUT2D eigenvalue weighted by Gasteiger charge is 2.28. The van der Waals surface area contributed by atoms with E-state index in [2.05, 4.69) is 21.2 Å². The Morgan fingerprint density at radius 2 is 1.85 bits per heavy atom. The topological polar surface area (TPSA) is 86.7 Å². The van der Waals surface area contributed by atoms with Crippen LogP contribution in [0.5, 0.6) is 5.75 Å². The summed E-state index contributed by atoms with van der Waals surface area (Å²) in [5.74, 6) is -0.551. The number of phenols is 1. The lowest BCUT2D eigenvalue weighted by atomic mass is 10.2. The smallest absolute Gasteiger partial charge is 0.256 e. The molecule has 138 valence electrons. The van der Waals surface area contributed by atoms with Crippen molar-refractivity contribution in [3.8, 4) is 5.75 Å². The molecule has 0 bridgehead atoms. The van der Waals surface area contributed by atoms with Gasteiger partial charge in [-0.25, -0.2) is 8.42 Å². The number of nitrogens with zero attached hydrogens (tertiary/aromatic N) is 1. The summed E-state index contributed by atoms with van der Waals surface area (Å²) in [6.07, 6.45) is 1.69. The molecule has 1 fully saturated rings. The van der Waals surface area contributed by atoms with Gasteiger partial charge in [0.2, 0.25) is 10.0 Å². The molecule has 0 spiro atoms. The molecule has 1 aliphatic heterocycles. The number of rotatable bonds is 4. The van der Waals surface area contributed by atoms with Gasteiger partial charge in [-0.2, -0.15) is 4.31 Å². The van der Waals surface area contributed by atoms with Crippen molar-refractivity contribution in [1.82, 2.24) is 4.31 Å². The Kier molecular flexibility index (Phi) is 5.36. The lowest BCUT2D eigenvalue weighted by Crippen LogP contribution is -2.28. The number of halogens is 1. The Hall–Kier alpha value is -1.90. The maximum Gasteiger partial charge on any atom is 0.256 e. The molecule has 2 aromatic carbocycles. The summed E-state index contributed by atoms with van der Waals surface area (Å²) < 4.78 is 27.3. The quantitative estimate of drug-likeness (QED) is 0.715. The first-order chi connectivity index (χ1) is 12.3. The van der Waals surface area contributed by atoms with E-state index in [1.807, 2.05) is 6.92 Å². The molecule has 1 aliphatic rings. The Morgan fingerprint density at radius 1 is 1.15 bits per heavy atom. The predicted octanol–water partition coefficient (Wildman–Crippen LogP) is 3.50. The number of carbonyl (C=O) groups is 1. The van der Waals surface area contributed by atoms with E-state index in [-0.39, 0.29) is 21.9 Å². The van der Waals surface area contributed by atoms with Crippen molar-refractivity contribution in [2.45, 2.75) is 24.7 Å². The number of benzene rings is 2. The van der Waals surface area contributed by atoms with Gasteiger partial charge in [0, 0.05) is 17.6 Å². The minimum Gasteiger partial charge on any atom is -0.506 e. The highest BCUT2D eigenvalue weighted by atomic mass is 79.9. The molecule has 0 saturated carbocycles. The number of aromatic hydroxyl groups is 1. The van der Waals surface area contributed by atoms with Gasteiger partial charge in [-0.15, -0.1) is 0 Å². The highest BCUT2D eigenvalue weighted by molar-refractivity contribution is 9.10. The molecule has 0 aromatic heterocycles. The number of hydrogen-bond acceptors (Lipinski definition) is 4. The van der Waals surface area contributed by atoms with Crippen LogP contribution in [0.3, 0.4) is 0 Å². The molecule has 8 heteroatoms. The van der Waals surface area contributed by atoms with Gasteiger partial charge in [0.05, 0.1) is 16.1 Å². The van der Waals surface area contributed by atoms with Gasteiger partial charge in [0.25, 0.3) is 5.91 Å². The Bertz CT molecular complexity index is 954. The maximum absolute atomic E-state index is 12.7. The van der Waals surface area contributed by atoms with Gasteiger partial charge in [0.15, 0.2) is 0 Å². The molecule has 2 aromatic rings. The van der Waals surface area contributed by atoms with E-state index < -0.39 is 15.9 Å². The summed E-state index contributed by atoms with van der Waals surface area (Å²) in [6, 6.07) is 9.29. The normalized spacial score (nSPS) is 15.2. The third kappa shape index (κ3) is 3.77. The van der Waals surface area contributed by atoms with Crippen molar-refractivity contribution in [3.63, 3.8) is 0 Å². The monoisotopic (exact) mass is 438 g/mol. The van der Waals surface area contributed by atoms with Crippen LogP contribution in [-0.4, -0.2) is 36.8 Å². The van der Waals surface area contributed by atoms with Crippen molar-refractivity contribution in [3.05, 3.63) is 52.0 Å². The summed E-state index contributed by atoms with van der Waals surface area (Å²) in [5, 5.41) is 12.6. The summed E-state index contributed by atoms with van der Waals surface area (Å²) in [6.45, 7) is 2.82. The third-order valence-electron chi connectivity index (χ3n) is 4.29. The third-order valence-corrected chi connectivity index (χ3v) is 6.87. The van der Waals surface area contributed by atoms with E-state index in [1.165, 1.54) is 16.4 Å². The zero-order valence-electron chi connectivity index (χ0n) is 14.2. The molecular formula is C18H19BrN2O4S. The van der Waals surface area contributed by atoms with Gasteiger partial charge >= 0.3 is 0 Å². The minimum atomic E-state index is -3.62. The fourth-order valence-electron chi connectivity index (χ4n) is 2.85. The van der Waals surface area contributed by atoms with Crippen LogP contribution in [0.4, 0.5) is 5.69 Å². The standard InChI is InChI=1S/C18H19BrN2O4S/c1-12-4-7-16(17(22)10-12)20-18(23)14-11-13(5-6-15(14)19)26(24,25)21-8-2-3-9-21/h4-7,10-11,22H,2-3,8-9H2,1H3,(H,20,23). The Balaban J connectivity index is 1.91. The fourth-order valence-corrected chi connectivity index (χ4v) is 4.82. The second-order valence-corrected chi connectivity index (χ2v) is 9.02. The van der Waals surface area contributed by atoms with Crippen molar-refractivity contribution in [2.24, 2.45) is 0 Å². The number of hydrogen-bond donors (Lipinski definition) is 2. The van der Waals surface area contributed by atoms with Crippen LogP contribution in [0.15, 0.2) is 45.8 Å². The van der Waals surface area contributed by atoms with E-state index in [1.54, 1.807) is 24.3 Å². The van der Waals surface area contributed by atoms with Gasteiger partial charge < -0.3 is 10.4 Å². The van der Waals surface area contributed by atoms with Gasteiger partial charge in [-0.05, 0) is 71.6 Å². The Labute approximate surface area is 161 Å². The average molecular weight is 439 g/mol. The van der Waals surface area contributed by atoms with Gasteiger partial charge in [-0.3, -0.25) is 4.79 Å². The summed E-state index contributed by atoms with van der Waals surface area (Å²) in [4.78, 5) is 12.7. The second-order valence-electron chi connectivity index (χ2n) is 6.23. The highest BCUT2D eigenvalue weighted by Crippen LogP contribution is 2.28. The number of carbonyl (C=O) groups excluding carboxylic acids is 1. The van der Waals surface area contributed by atoms with Crippen LogP contribution in [0.1, 0.15) is 28.8 Å². The molecule has 1 amide bonds. The molecule has 1 heterocycles. The molecule has 6 nitrogen and oxygen atoms in total. The van der Waals surface area contributed by atoms with E-state index in [0.29, 0.717) is 17.6 Å². The molecule has 0 unspecified atom stereocenters. The Morgan fingerprint density at radius 3 is 2.50 bits per heavy atom. The molecule has 0 atom stereocenters. The summed E-state index contributed by atoms with van der Waals surface area (Å²) in [7, 11) is -3.62. The number of nitrogens with one attached hydrogen (secondary N) is 1. The SMILES string of the molecule is Cc1ccc(NC(=O)c2cc(S(=O)(=O)N3CCCC3)ccc2Br)c(O)c1. The molecule has 3 rings (SSSR count). The molecular weight excluding hydrogens is 420 g/mol. The number of amides is 1. The van der Waals surface area contributed by atoms with Crippen LogP contribution in [0.25, 0.3) is 0 Å². The van der Waals surface area contributed by atoms with Crippen molar-refractivity contribution >= 4 is 37.5 Å². The van der Waals surface area contributed by atoms with Crippen LogP contribution in [-0.2, 0) is 10.0 Å². The molecule has 1 saturated heterocycles. The predicted molar refractivity (Wildman–Crippen MR) is 103 cm³/mol. The number of aryl methyl sites for hydroxylation is 1. The van der Waals surface area contributed by atoms with E-state index in [9.17, 15) is 18.3 Å². The van der Waals surface area contributed by atoms with Crippen molar-refractivity contribution in [2.75, 3.05) is 18.4 Å². The summed E-state index contributed by atoms with van der Waals surface area (Å²) >= 11 is 3.29. The second kappa shape index (κ2) is 7.38. The number of anilines is 1. The maximum atomic E-state index is 12.7. The van der Waals surface area contributed by atoms with Crippen molar-refractivity contribution in [1.29, 1.82) is 0 Å². The number of phenolic OH excluding ortho intramolecular Hbond substituents is 1. The van der Waals surface area contributed by atoms with Crippen LogP contribution in [0, 0.1) is 6.92 Å². The number of sulfonamides is 1. The molecule has 0 radical (unpaired) electrons. The van der Waals surface area contributed by atoms with Gasteiger partial charge in [0.1, 0.15) is 5.75 Å². The first kappa shape index (κ1) is 18.9. The molecule has 26 heavy (non-hydrogen) atoms. The largest absolute Gasteiger partial charge is 0.506 e. The van der Waals surface area contributed by atoms with E-state index in [0.717, 1.165) is 18.4 Å². The minimum absolute atomic E-state index is 0.0460. The first-order valence-corrected chi connectivity index (χ1v) is 10.4. The van der Waals surface area contributed by atoms with Gasteiger partial charge in [-0.1, -0.05) is 6.07 Å². The van der Waals surface area contributed by atoms with Crippen LogP contribution < -0.4 is 5.32 Å². The lowest BCUT2D eigenvalue weighted by molar-refractivity contribution is 0.102. The molecule has 0 aliphatic carbocycles.